The number of Topliss-reactive ketones (excluding diaryl/α,β-unsaturated/α-hetero) is 1. The first-order valence-corrected chi connectivity index (χ1v) is 11.0. The SMILES string of the molecule is COc1cc(OC)cc(N2C=C(C(=O)c3ccc(C)cc3)S(=O)(=O)c3ccccc32)c1. The normalized spacial score (nSPS) is 14.4. The van der Waals surface area contributed by atoms with Crippen molar-refractivity contribution in [2.75, 3.05) is 19.1 Å². The standard InChI is InChI=1S/C24H21NO5S/c1-16-8-10-17(11-9-16)24(26)23-15-25(18-12-19(29-2)14-20(13-18)30-3)21-6-4-5-7-22(21)31(23,27)28/h4-15H,1-3H3. The first kappa shape index (κ1) is 20.7. The second-order valence-electron chi connectivity index (χ2n) is 7.10. The summed E-state index contributed by atoms with van der Waals surface area (Å²) in [7, 11) is -0.931. The second kappa shape index (κ2) is 7.92. The van der Waals surface area contributed by atoms with E-state index in [9.17, 15) is 13.2 Å². The molecule has 0 aliphatic carbocycles. The zero-order valence-corrected chi connectivity index (χ0v) is 18.1. The van der Waals surface area contributed by atoms with Crippen molar-refractivity contribution in [3.05, 3.63) is 89.0 Å². The number of methoxy groups -OCH3 is 2. The van der Waals surface area contributed by atoms with Crippen LogP contribution in [-0.2, 0) is 9.84 Å². The van der Waals surface area contributed by atoms with Crippen LogP contribution >= 0.6 is 0 Å². The molecule has 0 fully saturated rings. The van der Waals surface area contributed by atoms with E-state index in [1.54, 1.807) is 65.6 Å². The molecule has 0 amide bonds. The minimum Gasteiger partial charge on any atom is -0.497 e. The largest absolute Gasteiger partial charge is 0.497 e. The van der Waals surface area contributed by atoms with E-state index in [4.69, 9.17) is 9.47 Å². The van der Waals surface area contributed by atoms with Gasteiger partial charge in [0.05, 0.1) is 30.5 Å². The molecule has 4 rings (SSSR count). The number of hydrogen-bond donors (Lipinski definition) is 0. The van der Waals surface area contributed by atoms with Gasteiger partial charge in [0, 0.05) is 30.0 Å². The van der Waals surface area contributed by atoms with Crippen LogP contribution in [0.25, 0.3) is 0 Å². The van der Waals surface area contributed by atoms with E-state index in [0.717, 1.165) is 5.56 Å². The lowest BCUT2D eigenvalue weighted by molar-refractivity contribution is 0.104. The van der Waals surface area contributed by atoms with Crippen molar-refractivity contribution in [3.8, 4) is 11.5 Å². The number of para-hydroxylation sites is 1. The van der Waals surface area contributed by atoms with E-state index < -0.39 is 15.6 Å². The molecule has 0 aromatic heterocycles. The van der Waals surface area contributed by atoms with Crippen LogP contribution in [0.4, 0.5) is 11.4 Å². The molecule has 0 saturated heterocycles. The number of nitrogens with zero attached hydrogens (tertiary/aromatic N) is 1. The molecule has 7 heteroatoms. The number of ether oxygens (including phenoxy) is 2. The number of fused-ring (bicyclic) bond motifs is 1. The molecule has 3 aromatic rings. The number of aryl methyl sites for hydroxylation is 1. The summed E-state index contributed by atoms with van der Waals surface area (Å²) in [5.41, 5.74) is 2.33. The van der Waals surface area contributed by atoms with Gasteiger partial charge in [0.25, 0.3) is 0 Å². The fraction of sp³-hybridized carbons (Fsp3) is 0.125. The highest BCUT2D eigenvalue weighted by atomic mass is 32.2. The quantitative estimate of drug-likeness (QED) is 0.543. The van der Waals surface area contributed by atoms with Gasteiger partial charge in [0.1, 0.15) is 16.4 Å². The van der Waals surface area contributed by atoms with Crippen molar-refractivity contribution in [3.63, 3.8) is 0 Å². The molecule has 3 aromatic carbocycles. The number of allylic oxidation sites excluding steroid dienone is 1. The van der Waals surface area contributed by atoms with Gasteiger partial charge >= 0.3 is 0 Å². The summed E-state index contributed by atoms with van der Waals surface area (Å²) in [6, 6.07) is 18.6. The summed E-state index contributed by atoms with van der Waals surface area (Å²) in [5, 5.41) is 0. The Morgan fingerprint density at radius 1 is 0.871 bits per heavy atom. The minimum absolute atomic E-state index is 0.0646. The summed E-state index contributed by atoms with van der Waals surface area (Å²) >= 11 is 0. The molecule has 0 N–H and O–H groups in total. The molecule has 31 heavy (non-hydrogen) atoms. The van der Waals surface area contributed by atoms with E-state index in [-0.39, 0.29) is 9.80 Å². The van der Waals surface area contributed by atoms with Gasteiger partial charge in [0.2, 0.25) is 15.6 Å². The number of anilines is 2. The van der Waals surface area contributed by atoms with Crippen molar-refractivity contribution in [1.82, 2.24) is 0 Å². The highest BCUT2D eigenvalue weighted by Gasteiger charge is 2.36. The minimum atomic E-state index is -4.01. The number of hydrogen-bond acceptors (Lipinski definition) is 6. The Labute approximate surface area is 181 Å². The average molecular weight is 436 g/mol. The Hall–Kier alpha value is -3.58. The number of carbonyl (C=O) groups is 1. The van der Waals surface area contributed by atoms with Crippen LogP contribution in [0.1, 0.15) is 15.9 Å². The van der Waals surface area contributed by atoms with E-state index >= 15 is 0 Å². The second-order valence-corrected chi connectivity index (χ2v) is 8.99. The maximum absolute atomic E-state index is 13.3. The molecule has 0 bridgehead atoms. The van der Waals surface area contributed by atoms with Crippen LogP contribution in [0.5, 0.6) is 11.5 Å². The molecule has 1 heterocycles. The number of ketones is 1. The third-order valence-corrected chi connectivity index (χ3v) is 6.90. The lowest BCUT2D eigenvalue weighted by atomic mass is 10.1. The molecule has 0 atom stereocenters. The summed E-state index contributed by atoms with van der Waals surface area (Å²) in [6.07, 6.45) is 1.37. The van der Waals surface area contributed by atoms with Crippen molar-refractivity contribution < 1.29 is 22.7 Å². The Kier molecular flexibility index (Phi) is 5.29. The van der Waals surface area contributed by atoms with E-state index in [0.29, 0.717) is 28.4 Å². The summed E-state index contributed by atoms with van der Waals surface area (Å²) in [4.78, 5) is 14.7. The van der Waals surface area contributed by atoms with Crippen molar-refractivity contribution in [2.45, 2.75) is 11.8 Å². The molecule has 0 spiro atoms. The Morgan fingerprint density at radius 3 is 2.10 bits per heavy atom. The summed E-state index contributed by atoms with van der Waals surface area (Å²) in [6.45, 7) is 1.90. The summed E-state index contributed by atoms with van der Waals surface area (Å²) in [5.74, 6) is 0.523. The highest BCUT2D eigenvalue weighted by molar-refractivity contribution is 7.96. The molecule has 0 unspecified atom stereocenters. The smallest absolute Gasteiger partial charge is 0.214 e. The molecule has 0 radical (unpaired) electrons. The molecule has 1 aliphatic heterocycles. The number of benzene rings is 3. The molecular weight excluding hydrogens is 414 g/mol. The first-order valence-electron chi connectivity index (χ1n) is 9.55. The Morgan fingerprint density at radius 2 is 1.48 bits per heavy atom. The van der Waals surface area contributed by atoms with Gasteiger partial charge in [-0.3, -0.25) is 4.79 Å². The van der Waals surface area contributed by atoms with E-state index in [2.05, 4.69) is 0 Å². The topological polar surface area (TPSA) is 72.9 Å². The van der Waals surface area contributed by atoms with Crippen molar-refractivity contribution in [2.24, 2.45) is 0 Å². The summed E-state index contributed by atoms with van der Waals surface area (Å²) < 4.78 is 37.4. The van der Waals surface area contributed by atoms with Crippen LogP contribution in [0.15, 0.2) is 82.7 Å². The van der Waals surface area contributed by atoms with Crippen molar-refractivity contribution in [1.29, 1.82) is 0 Å². The maximum atomic E-state index is 13.3. The number of sulfone groups is 1. The fourth-order valence-electron chi connectivity index (χ4n) is 3.43. The van der Waals surface area contributed by atoms with Crippen LogP contribution in [-0.4, -0.2) is 28.4 Å². The van der Waals surface area contributed by atoms with Crippen molar-refractivity contribution >= 4 is 27.0 Å². The zero-order valence-electron chi connectivity index (χ0n) is 17.3. The predicted octanol–water partition coefficient (Wildman–Crippen LogP) is 4.66. The van der Waals surface area contributed by atoms with Crippen LogP contribution in [0.3, 0.4) is 0 Å². The predicted molar refractivity (Wildman–Crippen MR) is 119 cm³/mol. The first-order chi connectivity index (χ1) is 14.8. The highest BCUT2D eigenvalue weighted by Crippen LogP contribution is 2.42. The molecule has 1 aliphatic rings. The third kappa shape index (κ3) is 3.68. The van der Waals surface area contributed by atoms with Gasteiger partial charge in [-0.2, -0.15) is 0 Å². The van der Waals surface area contributed by atoms with E-state index in [1.807, 2.05) is 6.92 Å². The fourth-order valence-corrected chi connectivity index (χ4v) is 4.97. The molecule has 0 saturated carbocycles. The average Bonchev–Trinajstić information content (AvgIpc) is 2.79. The van der Waals surface area contributed by atoms with Gasteiger partial charge in [-0.15, -0.1) is 0 Å². The van der Waals surface area contributed by atoms with Gasteiger partial charge < -0.3 is 14.4 Å². The third-order valence-electron chi connectivity index (χ3n) is 5.10. The van der Waals surface area contributed by atoms with Crippen LogP contribution < -0.4 is 14.4 Å². The lowest BCUT2D eigenvalue weighted by Gasteiger charge is -2.29. The Bertz CT molecular complexity index is 1270. The van der Waals surface area contributed by atoms with Gasteiger partial charge in [-0.1, -0.05) is 42.0 Å². The maximum Gasteiger partial charge on any atom is 0.214 e. The van der Waals surface area contributed by atoms with E-state index in [1.165, 1.54) is 26.5 Å². The van der Waals surface area contributed by atoms with Crippen LogP contribution in [0.2, 0.25) is 0 Å². The Balaban J connectivity index is 1.93. The van der Waals surface area contributed by atoms with Gasteiger partial charge in [0.15, 0.2) is 0 Å². The number of carbonyl (C=O) groups excluding carboxylic acids is 1. The molecule has 6 nitrogen and oxygen atoms in total. The monoisotopic (exact) mass is 435 g/mol. The van der Waals surface area contributed by atoms with Gasteiger partial charge in [-0.05, 0) is 19.1 Å². The van der Waals surface area contributed by atoms with Crippen LogP contribution in [0, 0.1) is 6.92 Å². The molecular formula is C24H21NO5S. The number of rotatable bonds is 5. The lowest BCUT2D eigenvalue weighted by Crippen LogP contribution is -2.25. The zero-order chi connectivity index (χ0) is 22.2. The van der Waals surface area contributed by atoms with Gasteiger partial charge in [-0.25, -0.2) is 8.42 Å². The molecule has 158 valence electrons.